The molecule has 0 spiro atoms. The summed E-state index contributed by atoms with van der Waals surface area (Å²) >= 11 is 13.9. The van der Waals surface area contributed by atoms with Gasteiger partial charge in [-0.25, -0.2) is 15.0 Å². The van der Waals surface area contributed by atoms with Crippen LogP contribution in [0.5, 0.6) is 0 Å². The minimum absolute atomic E-state index is 0.394. The first-order valence-corrected chi connectivity index (χ1v) is 7.94. The van der Waals surface area contributed by atoms with Gasteiger partial charge in [-0.1, -0.05) is 41.0 Å². The molecule has 1 aromatic rings. The van der Waals surface area contributed by atoms with Gasteiger partial charge in [0.15, 0.2) is 11.0 Å². The van der Waals surface area contributed by atoms with Crippen molar-refractivity contribution in [3.8, 4) is 6.07 Å². The Morgan fingerprint density at radius 3 is 2.71 bits per heavy atom. The molecule has 2 aliphatic heterocycles. The maximum atomic E-state index is 9.18. The average molecular weight is 338 g/mol. The molecule has 2 heterocycles. The van der Waals surface area contributed by atoms with Crippen molar-refractivity contribution in [1.29, 1.82) is 5.26 Å². The zero-order chi connectivity index (χ0) is 15.0. The number of benzene rings is 1. The predicted octanol–water partition coefficient (Wildman–Crippen LogP) is 3.35. The van der Waals surface area contributed by atoms with Crippen LogP contribution in [-0.4, -0.2) is 22.3 Å². The lowest BCUT2D eigenvalue weighted by molar-refractivity contribution is 0.424. The number of nitrogens with zero attached hydrogens (tertiary/aromatic N) is 4. The Morgan fingerprint density at radius 1 is 1.38 bits per heavy atom. The van der Waals surface area contributed by atoms with Crippen molar-refractivity contribution in [1.82, 2.24) is 10.4 Å². The van der Waals surface area contributed by atoms with Crippen LogP contribution in [0.1, 0.15) is 11.7 Å². The molecule has 2 aliphatic rings. The number of amidine groups is 2. The standard InChI is InChI=1S/C13H9Cl2N5S/c1-21-13-17-6-7(5-16)12-18-11(19-20(12)13)10-8(14)3-2-4-9(10)15/h2-4,6,11,19H,1H3/t11-/m1/s1. The number of rotatable bonds is 1. The number of halogens is 2. The first kappa shape index (κ1) is 14.4. The van der Waals surface area contributed by atoms with Crippen molar-refractivity contribution in [2.75, 3.05) is 6.26 Å². The van der Waals surface area contributed by atoms with E-state index in [0.717, 1.165) is 0 Å². The highest BCUT2D eigenvalue weighted by Crippen LogP contribution is 2.35. The van der Waals surface area contributed by atoms with Crippen LogP contribution in [0.4, 0.5) is 0 Å². The Balaban J connectivity index is 2.05. The summed E-state index contributed by atoms with van der Waals surface area (Å²) in [5.74, 6) is 0.526. The van der Waals surface area contributed by atoms with Crippen molar-refractivity contribution >= 4 is 46.0 Å². The summed E-state index contributed by atoms with van der Waals surface area (Å²) in [6.07, 6.45) is 2.96. The van der Waals surface area contributed by atoms with Crippen LogP contribution >= 0.6 is 35.0 Å². The van der Waals surface area contributed by atoms with Gasteiger partial charge in [0.2, 0.25) is 0 Å². The summed E-state index contributed by atoms with van der Waals surface area (Å²) in [5, 5.41) is 12.6. The van der Waals surface area contributed by atoms with E-state index in [4.69, 9.17) is 23.2 Å². The number of hydrazine groups is 1. The van der Waals surface area contributed by atoms with Crippen LogP contribution in [0.2, 0.25) is 10.0 Å². The monoisotopic (exact) mass is 337 g/mol. The zero-order valence-electron chi connectivity index (χ0n) is 10.8. The van der Waals surface area contributed by atoms with Crippen molar-refractivity contribution in [3.63, 3.8) is 0 Å². The Kier molecular flexibility index (Phi) is 3.91. The van der Waals surface area contributed by atoms with E-state index in [2.05, 4.69) is 21.5 Å². The van der Waals surface area contributed by atoms with Crippen molar-refractivity contribution in [3.05, 3.63) is 45.6 Å². The lowest BCUT2D eigenvalue weighted by Gasteiger charge is -2.23. The van der Waals surface area contributed by atoms with Gasteiger partial charge < -0.3 is 0 Å². The van der Waals surface area contributed by atoms with E-state index in [1.54, 1.807) is 23.2 Å². The van der Waals surface area contributed by atoms with E-state index in [0.29, 0.717) is 32.2 Å². The zero-order valence-corrected chi connectivity index (χ0v) is 13.2. The fraction of sp³-hybridized carbons (Fsp3) is 0.154. The molecule has 0 amide bonds. The fourth-order valence-electron chi connectivity index (χ4n) is 2.09. The Hall–Kier alpha value is -1.52. The molecule has 1 aromatic carbocycles. The van der Waals surface area contributed by atoms with Crippen molar-refractivity contribution < 1.29 is 0 Å². The molecule has 0 bridgehead atoms. The second-order valence-corrected chi connectivity index (χ2v) is 5.81. The summed E-state index contributed by atoms with van der Waals surface area (Å²) in [4.78, 5) is 8.76. The molecular formula is C13H9Cl2N5S. The van der Waals surface area contributed by atoms with Gasteiger partial charge in [0.25, 0.3) is 0 Å². The average Bonchev–Trinajstić information content (AvgIpc) is 2.90. The largest absolute Gasteiger partial charge is 0.240 e. The Bertz CT molecular complexity index is 714. The smallest absolute Gasteiger partial charge is 0.184 e. The maximum absolute atomic E-state index is 9.18. The molecule has 0 radical (unpaired) electrons. The number of hydrogen-bond donors (Lipinski definition) is 1. The van der Waals surface area contributed by atoms with E-state index in [1.165, 1.54) is 18.0 Å². The number of fused-ring (bicyclic) bond motifs is 1. The topological polar surface area (TPSA) is 63.8 Å². The van der Waals surface area contributed by atoms with Crippen LogP contribution in [0.25, 0.3) is 0 Å². The van der Waals surface area contributed by atoms with Crippen LogP contribution in [0.3, 0.4) is 0 Å². The molecule has 1 N–H and O–H groups in total. The minimum atomic E-state index is -0.451. The quantitative estimate of drug-likeness (QED) is 0.853. The van der Waals surface area contributed by atoms with E-state index >= 15 is 0 Å². The van der Waals surface area contributed by atoms with Crippen LogP contribution in [-0.2, 0) is 0 Å². The summed E-state index contributed by atoms with van der Waals surface area (Å²) in [6.45, 7) is 0. The van der Waals surface area contributed by atoms with Gasteiger partial charge in [0.1, 0.15) is 17.8 Å². The van der Waals surface area contributed by atoms with Crippen LogP contribution in [0, 0.1) is 11.3 Å². The molecule has 21 heavy (non-hydrogen) atoms. The molecule has 0 aromatic heterocycles. The predicted molar refractivity (Wildman–Crippen MR) is 86.3 cm³/mol. The molecule has 106 valence electrons. The number of nitriles is 1. The molecule has 0 unspecified atom stereocenters. The number of hydrogen-bond acceptors (Lipinski definition) is 6. The summed E-state index contributed by atoms with van der Waals surface area (Å²) < 4.78 is 0. The van der Waals surface area contributed by atoms with E-state index in [-0.39, 0.29) is 0 Å². The van der Waals surface area contributed by atoms with Gasteiger partial charge in [-0.3, -0.25) is 0 Å². The second-order valence-electron chi connectivity index (χ2n) is 4.23. The van der Waals surface area contributed by atoms with Gasteiger partial charge in [-0.05, 0) is 18.4 Å². The molecule has 3 rings (SSSR count). The van der Waals surface area contributed by atoms with Gasteiger partial charge >= 0.3 is 0 Å². The highest BCUT2D eigenvalue weighted by Gasteiger charge is 2.34. The van der Waals surface area contributed by atoms with Crippen LogP contribution < -0.4 is 5.43 Å². The maximum Gasteiger partial charge on any atom is 0.184 e. The third-order valence-electron chi connectivity index (χ3n) is 3.03. The van der Waals surface area contributed by atoms with Crippen molar-refractivity contribution in [2.24, 2.45) is 9.98 Å². The number of nitrogens with one attached hydrogen (secondary N) is 1. The molecule has 0 saturated heterocycles. The van der Waals surface area contributed by atoms with Gasteiger partial charge in [0.05, 0.1) is 6.20 Å². The van der Waals surface area contributed by atoms with E-state index in [1.807, 2.05) is 6.26 Å². The molecule has 8 heteroatoms. The molecule has 0 aliphatic carbocycles. The van der Waals surface area contributed by atoms with Gasteiger partial charge in [-0.15, -0.1) is 0 Å². The molecule has 0 saturated carbocycles. The highest BCUT2D eigenvalue weighted by atomic mass is 35.5. The molecule has 0 fully saturated rings. The normalized spacial score (nSPS) is 20.4. The summed E-state index contributed by atoms with van der Waals surface area (Å²) in [7, 11) is 0. The van der Waals surface area contributed by atoms with E-state index < -0.39 is 6.17 Å². The molecule has 1 atom stereocenters. The third-order valence-corrected chi connectivity index (χ3v) is 4.34. The Morgan fingerprint density at radius 2 is 2.10 bits per heavy atom. The SMILES string of the molecule is CSC1=NC=C(C#N)C2=N[C@@H](c3c(Cl)cccc3Cl)NN12. The van der Waals surface area contributed by atoms with Gasteiger partial charge in [-0.2, -0.15) is 10.7 Å². The van der Waals surface area contributed by atoms with Gasteiger partial charge in [0, 0.05) is 15.6 Å². The minimum Gasteiger partial charge on any atom is -0.240 e. The van der Waals surface area contributed by atoms with E-state index in [9.17, 15) is 5.26 Å². The first-order chi connectivity index (χ1) is 10.2. The number of thioether (sulfide) groups is 1. The highest BCUT2D eigenvalue weighted by molar-refractivity contribution is 8.13. The van der Waals surface area contributed by atoms with Crippen LogP contribution in [0.15, 0.2) is 40.0 Å². The third kappa shape index (κ3) is 2.43. The summed E-state index contributed by atoms with van der Waals surface area (Å²) in [6, 6.07) is 7.38. The Labute approximate surface area is 135 Å². The molecular weight excluding hydrogens is 329 g/mol. The second kappa shape index (κ2) is 5.70. The lowest BCUT2D eigenvalue weighted by atomic mass is 10.2. The fourth-order valence-corrected chi connectivity index (χ4v) is 3.17. The first-order valence-electron chi connectivity index (χ1n) is 5.96. The number of aliphatic imine (C=N–C) groups is 2. The summed E-state index contributed by atoms with van der Waals surface area (Å²) in [5.41, 5.74) is 4.25. The molecule has 5 nitrogen and oxygen atoms in total. The lowest BCUT2D eigenvalue weighted by Crippen LogP contribution is -2.43. The van der Waals surface area contributed by atoms with Crippen molar-refractivity contribution in [2.45, 2.75) is 6.17 Å².